The number of ether oxygens (including phenoxy) is 1. The van der Waals surface area contributed by atoms with Crippen molar-refractivity contribution >= 4 is 29.0 Å². The molecule has 1 amide bonds. The molecule has 0 atom stereocenters. The fourth-order valence-electron chi connectivity index (χ4n) is 1.87. The van der Waals surface area contributed by atoms with Gasteiger partial charge in [-0.2, -0.15) is 0 Å². The molecule has 23 heavy (non-hydrogen) atoms. The quantitative estimate of drug-likeness (QED) is 0.809. The van der Waals surface area contributed by atoms with Crippen LogP contribution in [0.2, 0.25) is 5.02 Å². The summed E-state index contributed by atoms with van der Waals surface area (Å²) in [5.41, 5.74) is 0.584. The van der Waals surface area contributed by atoms with Gasteiger partial charge in [0.1, 0.15) is 11.6 Å². The molecule has 6 heteroatoms. The second kappa shape index (κ2) is 7.74. The fraction of sp³-hybridized carbons (Fsp3) is 0.176. The molecule has 0 aliphatic heterocycles. The first-order valence-electron chi connectivity index (χ1n) is 7.00. The Morgan fingerprint density at radius 1 is 1.17 bits per heavy atom. The van der Waals surface area contributed by atoms with Crippen LogP contribution in [0, 0.1) is 5.82 Å². The third-order valence-electron chi connectivity index (χ3n) is 3.07. The van der Waals surface area contributed by atoms with Crippen molar-refractivity contribution in [2.45, 2.75) is 13.3 Å². The number of rotatable bonds is 6. The van der Waals surface area contributed by atoms with E-state index < -0.39 is 11.7 Å². The zero-order valence-corrected chi connectivity index (χ0v) is 13.2. The van der Waals surface area contributed by atoms with Gasteiger partial charge >= 0.3 is 0 Å². The van der Waals surface area contributed by atoms with Crippen LogP contribution in [-0.2, 0) is 4.79 Å². The number of benzene rings is 2. The number of Topliss-reactive ketones (excluding diaryl/α,β-unsaturated/α-hetero) is 1. The van der Waals surface area contributed by atoms with Gasteiger partial charge in [-0.1, -0.05) is 18.5 Å². The Labute approximate surface area is 138 Å². The maximum absolute atomic E-state index is 13.5. The number of halogens is 2. The van der Waals surface area contributed by atoms with Gasteiger partial charge in [0, 0.05) is 17.0 Å². The molecule has 0 radical (unpaired) electrons. The van der Waals surface area contributed by atoms with Crippen molar-refractivity contribution in [2.75, 3.05) is 11.9 Å². The van der Waals surface area contributed by atoms with Crippen LogP contribution in [0.4, 0.5) is 10.1 Å². The van der Waals surface area contributed by atoms with Crippen molar-refractivity contribution in [1.29, 1.82) is 0 Å². The van der Waals surface area contributed by atoms with E-state index >= 15 is 0 Å². The van der Waals surface area contributed by atoms with Crippen LogP contribution >= 0.6 is 11.6 Å². The van der Waals surface area contributed by atoms with E-state index in [2.05, 4.69) is 5.32 Å². The molecule has 1 N–H and O–H groups in total. The number of hydrogen-bond acceptors (Lipinski definition) is 3. The molecule has 0 aromatic heterocycles. The van der Waals surface area contributed by atoms with Crippen molar-refractivity contribution in [3.63, 3.8) is 0 Å². The molecule has 0 aliphatic rings. The van der Waals surface area contributed by atoms with Crippen molar-refractivity contribution in [3.05, 3.63) is 58.9 Å². The summed E-state index contributed by atoms with van der Waals surface area (Å²) >= 11 is 5.75. The van der Waals surface area contributed by atoms with E-state index in [0.29, 0.717) is 22.8 Å². The lowest BCUT2D eigenvalue weighted by molar-refractivity contribution is -0.118. The van der Waals surface area contributed by atoms with Crippen LogP contribution < -0.4 is 10.1 Å². The molecule has 0 bridgehead atoms. The minimum absolute atomic E-state index is 0.00464. The highest BCUT2D eigenvalue weighted by Crippen LogP contribution is 2.19. The van der Waals surface area contributed by atoms with E-state index in [1.54, 1.807) is 31.2 Å². The smallest absolute Gasteiger partial charge is 0.262 e. The summed E-state index contributed by atoms with van der Waals surface area (Å²) in [5, 5.41) is 2.70. The Morgan fingerprint density at radius 2 is 1.87 bits per heavy atom. The average Bonchev–Trinajstić information content (AvgIpc) is 2.56. The van der Waals surface area contributed by atoms with Gasteiger partial charge in [0.25, 0.3) is 5.91 Å². The summed E-state index contributed by atoms with van der Waals surface area (Å²) in [7, 11) is 0. The van der Waals surface area contributed by atoms with Crippen LogP contribution in [0.25, 0.3) is 0 Å². The maximum Gasteiger partial charge on any atom is 0.262 e. The second-order valence-corrected chi connectivity index (χ2v) is 5.20. The van der Waals surface area contributed by atoms with Crippen molar-refractivity contribution in [2.24, 2.45) is 0 Å². The van der Waals surface area contributed by atoms with Gasteiger partial charge in [-0.3, -0.25) is 9.59 Å². The third-order valence-corrected chi connectivity index (χ3v) is 3.30. The summed E-state index contributed by atoms with van der Waals surface area (Å²) in [6.45, 7) is 1.50. The van der Waals surface area contributed by atoms with E-state index in [9.17, 15) is 14.0 Å². The Morgan fingerprint density at radius 3 is 2.52 bits per heavy atom. The molecule has 0 fully saturated rings. The Balaban J connectivity index is 1.91. The van der Waals surface area contributed by atoms with Gasteiger partial charge in [0.2, 0.25) is 0 Å². The lowest BCUT2D eigenvalue weighted by atomic mass is 10.1. The van der Waals surface area contributed by atoms with Crippen LogP contribution in [0.3, 0.4) is 0 Å². The molecule has 2 aromatic carbocycles. The molecule has 0 saturated heterocycles. The first-order chi connectivity index (χ1) is 11.0. The van der Waals surface area contributed by atoms with Gasteiger partial charge in [-0.15, -0.1) is 0 Å². The Bertz CT molecular complexity index is 716. The summed E-state index contributed by atoms with van der Waals surface area (Å²) < 4.78 is 18.8. The maximum atomic E-state index is 13.5. The van der Waals surface area contributed by atoms with Crippen molar-refractivity contribution in [1.82, 2.24) is 0 Å². The van der Waals surface area contributed by atoms with E-state index in [1.165, 1.54) is 18.2 Å². The molecule has 2 rings (SSSR count). The predicted molar refractivity (Wildman–Crippen MR) is 86.6 cm³/mol. The monoisotopic (exact) mass is 335 g/mol. The van der Waals surface area contributed by atoms with Gasteiger partial charge in [0.15, 0.2) is 12.4 Å². The van der Waals surface area contributed by atoms with Crippen LogP contribution in [0.15, 0.2) is 42.5 Å². The molecular formula is C17H15ClFNO3. The summed E-state index contributed by atoms with van der Waals surface area (Å²) in [6, 6.07) is 10.4. The van der Waals surface area contributed by atoms with Crippen molar-refractivity contribution in [3.8, 4) is 5.75 Å². The lowest BCUT2D eigenvalue weighted by Crippen LogP contribution is -2.20. The van der Waals surface area contributed by atoms with Gasteiger partial charge in [-0.25, -0.2) is 4.39 Å². The zero-order chi connectivity index (χ0) is 16.8. The van der Waals surface area contributed by atoms with Crippen LogP contribution in [-0.4, -0.2) is 18.3 Å². The molecule has 2 aromatic rings. The van der Waals surface area contributed by atoms with E-state index in [4.69, 9.17) is 16.3 Å². The lowest BCUT2D eigenvalue weighted by Gasteiger charge is -2.09. The molecule has 0 spiro atoms. The number of hydrogen-bond donors (Lipinski definition) is 1. The van der Waals surface area contributed by atoms with E-state index in [1.807, 2.05) is 0 Å². The second-order valence-electron chi connectivity index (χ2n) is 4.76. The summed E-state index contributed by atoms with van der Waals surface area (Å²) in [4.78, 5) is 23.3. The number of amides is 1. The predicted octanol–water partition coefficient (Wildman–Crippen LogP) is 4.09. The minimum Gasteiger partial charge on any atom is -0.484 e. The van der Waals surface area contributed by atoms with Crippen LogP contribution in [0.1, 0.15) is 23.7 Å². The van der Waals surface area contributed by atoms with E-state index in [-0.39, 0.29) is 18.1 Å². The van der Waals surface area contributed by atoms with Crippen LogP contribution in [0.5, 0.6) is 5.75 Å². The minimum atomic E-state index is -0.579. The van der Waals surface area contributed by atoms with E-state index in [0.717, 1.165) is 0 Å². The first kappa shape index (κ1) is 17.0. The standard InChI is InChI=1S/C17H15ClFNO3/c1-2-16(21)11-3-6-13(7-4-11)23-10-17(22)20-15-9-12(18)5-8-14(15)19/h3-9H,2,10H2,1H3,(H,20,22). The molecular weight excluding hydrogens is 321 g/mol. The number of ketones is 1. The van der Waals surface area contributed by atoms with Gasteiger partial charge in [0.05, 0.1) is 5.69 Å². The molecule has 4 nitrogen and oxygen atoms in total. The Hall–Kier alpha value is -2.40. The Kier molecular flexibility index (Phi) is 5.71. The highest BCUT2D eigenvalue weighted by molar-refractivity contribution is 6.30. The summed E-state index contributed by atoms with van der Waals surface area (Å²) in [5.74, 6) is -0.616. The first-order valence-corrected chi connectivity index (χ1v) is 7.38. The SMILES string of the molecule is CCC(=O)c1ccc(OCC(=O)Nc2cc(Cl)ccc2F)cc1. The zero-order valence-electron chi connectivity index (χ0n) is 12.4. The number of carbonyl (C=O) groups excluding carboxylic acids is 2. The van der Waals surface area contributed by atoms with Crippen molar-refractivity contribution < 1.29 is 18.7 Å². The normalized spacial score (nSPS) is 10.2. The highest BCUT2D eigenvalue weighted by Gasteiger charge is 2.09. The average molecular weight is 336 g/mol. The van der Waals surface area contributed by atoms with Gasteiger partial charge in [-0.05, 0) is 42.5 Å². The topological polar surface area (TPSA) is 55.4 Å². The highest BCUT2D eigenvalue weighted by atomic mass is 35.5. The number of nitrogens with one attached hydrogen (secondary N) is 1. The molecule has 120 valence electrons. The number of carbonyl (C=O) groups is 2. The summed E-state index contributed by atoms with van der Waals surface area (Å²) in [6.07, 6.45) is 0.424. The van der Waals surface area contributed by atoms with Gasteiger partial charge < -0.3 is 10.1 Å². The largest absolute Gasteiger partial charge is 0.484 e. The number of anilines is 1. The fourth-order valence-corrected chi connectivity index (χ4v) is 2.04. The molecule has 0 heterocycles. The third kappa shape index (κ3) is 4.79. The molecule has 0 aliphatic carbocycles. The molecule has 0 saturated carbocycles. The molecule has 0 unspecified atom stereocenters.